The number of hydrogen-bond donors (Lipinski definition) is 2. The maximum Gasteiger partial charge on any atom is 0.224 e. The molecule has 0 bridgehead atoms. The molecule has 0 saturated heterocycles. The number of halogens is 1. The van der Waals surface area contributed by atoms with E-state index in [4.69, 9.17) is 0 Å². The highest BCUT2D eigenvalue weighted by atomic mass is 79.9. The third-order valence-electron chi connectivity index (χ3n) is 1.88. The molecular weight excluding hydrogens is 290 g/mol. The SMILES string of the molecule is CNc1ncc(Br)c(NCc2cncs2)n1. The monoisotopic (exact) mass is 299 g/mol. The second kappa shape index (κ2) is 5.22. The quantitative estimate of drug-likeness (QED) is 0.907. The zero-order chi connectivity index (χ0) is 11.4. The van der Waals surface area contributed by atoms with Crippen LogP contribution in [0.15, 0.2) is 22.4 Å². The van der Waals surface area contributed by atoms with E-state index in [0.29, 0.717) is 12.5 Å². The fraction of sp³-hybridized carbons (Fsp3) is 0.222. The molecule has 2 aromatic rings. The van der Waals surface area contributed by atoms with Crippen LogP contribution < -0.4 is 10.6 Å². The fourth-order valence-corrected chi connectivity index (χ4v) is 1.98. The van der Waals surface area contributed by atoms with E-state index in [9.17, 15) is 0 Å². The summed E-state index contributed by atoms with van der Waals surface area (Å²) in [6.45, 7) is 0.712. The first kappa shape index (κ1) is 11.3. The van der Waals surface area contributed by atoms with Gasteiger partial charge in [-0.2, -0.15) is 4.98 Å². The Morgan fingerprint density at radius 2 is 2.31 bits per heavy atom. The van der Waals surface area contributed by atoms with Gasteiger partial charge >= 0.3 is 0 Å². The van der Waals surface area contributed by atoms with E-state index in [2.05, 4.69) is 41.5 Å². The standard InChI is InChI=1S/C9H10BrN5S/c1-11-9-14-4-7(10)8(15-9)13-3-6-2-12-5-16-6/h2,4-5H,3H2,1H3,(H2,11,13,14,15). The first-order valence-corrected chi connectivity index (χ1v) is 6.28. The van der Waals surface area contributed by atoms with Crippen molar-refractivity contribution in [2.75, 3.05) is 17.7 Å². The molecule has 0 atom stereocenters. The van der Waals surface area contributed by atoms with Gasteiger partial charge in [-0.1, -0.05) is 0 Å². The molecule has 16 heavy (non-hydrogen) atoms. The zero-order valence-electron chi connectivity index (χ0n) is 8.57. The molecule has 0 aliphatic rings. The van der Waals surface area contributed by atoms with Gasteiger partial charge in [-0.3, -0.25) is 4.98 Å². The van der Waals surface area contributed by atoms with Gasteiger partial charge in [0.2, 0.25) is 5.95 Å². The summed E-state index contributed by atoms with van der Waals surface area (Å²) in [6, 6.07) is 0. The third-order valence-corrected chi connectivity index (χ3v) is 3.24. The molecule has 0 saturated carbocycles. The second-order valence-corrected chi connectivity index (χ2v) is 4.79. The highest BCUT2D eigenvalue weighted by Crippen LogP contribution is 2.21. The first-order chi connectivity index (χ1) is 7.79. The van der Waals surface area contributed by atoms with Crippen LogP contribution in [0.25, 0.3) is 0 Å². The predicted molar refractivity (Wildman–Crippen MR) is 68.7 cm³/mol. The van der Waals surface area contributed by atoms with Crippen LogP contribution in [0.1, 0.15) is 4.88 Å². The average Bonchev–Trinajstić information content (AvgIpc) is 2.81. The minimum atomic E-state index is 0.593. The van der Waals surface area contributed by atoms with E-state index in [1.165, 1.54) is 0 Å². The summed E-state index contributed by atoms with van der Waals surface area (Å²) < 4.78 is 0.844. The molecule has 2 N–H and O–H groups in total. The lowest BCUT2D eigenvalue weighted by atomic mass is 10.5. The molecule has 0 aliphatic carbocycles. The number of rotatable bonds is 4. The number of hydrogen-bond acceptors (Lipinski definition) is 6. The van der Waals surface area contributed by atoms with Gasteiger partial charge in [0.25, 0.3) is 0 Å². The maximum atomic E-state index is 4.29. The topological polar surface area (TPSA) is 62.7 Å². The molecule has 5 nitrogen and oxygen atoms in total. The van der Waals surface area contributed by atoms with Crippen molar-refractivity contribution in [3.63, 3.8) is 0 Å². The molecule has 0 spiro atoms. The van der Waals surface area contributed by atoms with Crippen LogP contribution in [0.5, 0.6) is 0 Å². The minimum absolute atomic E-state index is 0.593. The predicted octanol–water partition coefficient (Wildman–Crippen LogP) is 2.35. The van der Waals surface area contributed by atoms with E-state index < -0.39 is 0 Å². The molecule has 0 aromatic carbocycles. The number of anilines is 2. The molecule has 0 fully saturated rings. The van der Waals surface area contributed by atoms with Crippen LogP contribution in [0.4, 0.5) is 11.8 Å². The fourth-order valence-electron chi connectivity index (χ4n) is 1.11. The molecule has 0 amide bonds. The first-order valence-electron chi connectivity index (χ1n) is 4.61. The summed E-state index contributed by atoms with van der Waals surface area (Å²) in [5.74, 6) is 1.36. The summed E-state index contributed by atoms with van der Waals surface area (Å²) in [6.07, 6.45) is 3.56. The van der Waals surface area contributed by atoms with E-state index in [1.807, 2.05) is 11.7 Å². The van der Waals surface area contributed by atoms with Crippen molar-refractivity contribution in [1.82, 2.24) is 15.0 Å². The normalized spacial score (nSPS) is 10.1. The van der Waals surface area contributed by atoms with Crippen LogP contribution in [0.2, 0.25) is 0 Å². The van der Waals surface area contributed by atoms with Gasteiger partial charge in [-0.15, -0.1) is 11.3 Å². The van der Waals surface area contributed by atoms with E-state index in [1.54, 1.807) is 24.6 Å². The summed E-state index contributed by atoms with van der Waals surface area (Å²) >= 11 is 5.01. The van der Waals surface area contributed by atoms with Gasteiger partial charge in [0.1, 0.15) is 5.82 Å². The Labute approximate surface area is 105 Å². The Morgan fingerprint density at radius 3 is 3.00 bits per heavy atom. The Balaban J connectivity index is 2.08. The van der Waals surface area contributed by atoms with Crippen LogP contribution in [0.3, 0.4) is 0 Å². The zero-order valence-corrected chi connectivity index (χ0v) is 11.0. The van der Waals surface area contributed by atoms with Crippen molar-refractivity contribution < 1.29 is 0 Å². The molecule has 2 heterocycles. The second-order valence-electron chi connectivity index (χ2n) is 2.96. The Bertz CT molecular complexity index is 459. The van der Waals surface area contributed by atoms with Crippen LogP contribution >= 0.6 is 27.3 Å². The van der Waals surface area contributed by atoms with E-state index in [0.717, 1.165) is 15.2 Å². The third kappa shape index (κ3) is 2.67. The molecule has 7 heteroatoms. The molecule has 0 aliphatic heterocycles. The highest BCUT2D eigenvalue weighted by molar-refractivity contribution is 9.10. The average molecular weight is 300 g/mol. The van der Waals surface area contributed by atoms with Crippen molar-refractivity contribution in [2.24, 2.45) is 0 Å². The van der Waals surface area contributed by atoms with Crippen molar-refractivity contribution in [3.8, 4) is 0 Å². The Hall–Kier alpha value is -1.21. The van der Waals surface area contributed by atoms with Crippen molar-refractivity contribution in [1.29, 1.82) is 0 Å². The van der Waals surface area contributed by atoms with E-state index >= 15 is 0 Å². The molecule has 2 rings (SSSR count). The lowest BCUT2D eigenvalue weighted by Crippen LogP contribution is -2.04. The van der Waals surface area contributed by atoms with E-state index in [-0.39, 0.29) is 0 Å². The Kier molecular flexibility index (Phi) is 3.68. The maximum absolute atomic E-state index is 4.29. The van der Waals surface area contributed by atoms with Gasteiger partial charge in [-0.25, -0.2) is 4.98 Å². The number of nitrogens with zero attached hydrogens (tertiary/aromatic N) is 3. The number of thiazole rings is 1. The number of aromatic nitrogens is 3. The van der Waals surface area contributed by atoms with Gasteiger partial charge in [0.05, 0.1) is 16.5 Å². The van der Waals surface area contributed by atoms with Crippen LogP contribution in [0, 0.1) is 0 Å². The summed E-state index contributed by atoms with van der Waals surface area (Å²) in [4.78, 5) is 13.6. The minimum Gasteiger partial charge on any atom is -0.364 e. The van der Waals surface area contributed by atoms with Gasteiger partial charge in [0, 0.05) is 24.3 Å². The molecule has 2 aromatic heterocycles. The summed E-state index contributed by atoms with van der Waals surface area (Å²) in [7, 11) is 1.79. The number of nitrogens with one attached hydrogen (secondary N) is 2. The van der Waals surface area contributed by atoms with Gasteiger partial charge in [0.15, 0.2) is 0 Å². The van der Waals surface area contributed by atoms with Crippen LogP contribution in [-0.2, 0) is 6.54 Å². The molecule has 0 radical (unpaired) electrons. The van der Waals surface area contributed by atoms with Gasteiger partial charge < -0.3 is 10.6 Å². The highest BCUT2D eigenvalue weighted by Gasteiger charge is 2.04. The molecule has 0 unspecified atom stereocenters. The lowest BCUT2D eigenvalue weighted by Gasteiger charge is -2.07. The smallest absolute Gasteiger partial charge is 0.224 e. The molecular formula is C9H10BrN5S. The van der Waals surface area contributed by atoms with Crippen molar-refractivity contribution in [2.45, 2.75) is 6.54 Å². The largest absolute Gasteiger partial charge is 0.364 e. The van der Waals surface area contributed by atoms with Crippen molar-refractivity contribution >= 4 is 39.0 Å². The summed E-state index contributed by atoms with van der Waals surface area (Å²) in [5.41, 5.74) is 1.81. The van der Waals surface area contributed by atoms with Gasteiger partial charge in [-0.05, 0) is 15.9 Å². The summed E-state index contributed by atoms with van der Waals surface area (Å²) in [5, 5.41) is 6.12. The van der Waals surface area contributed by atoms with Crippen molar-refractivity contribution in [3.05, 3.63) is 27.3 Å². The van der Waals surface area contributed by atoms with Crippen LogP contribution in [-0.4, -0.2) is 22.0 Å². The lowest BCUT2D eigenvalue weighted by molar-refractivity contribution is 1.08. The Morgan fingerprint density at radius 1 is 1.44 bits per heavy atom. The molecule has 84 valence electrons.